The topological polar surface area (TPSA) is 65.5 Å². The van der Waals surface area contributed by atoms with Crippen LogP contribution in [-0.2, 0) is 4.79 Å². The number of nitrogens with zero attached hydrogens (tertiary/aromatic N) is 3. The van der Waals surface area contributed by atoms with Gasteiger partial charge in [0.2, 0.25) is 5.91 Å². The Bertz CT molecular complexity index is 890. The Kier molecular flexibility index (Phi) is 6.43. The Morgan fingerprint density at radius 2 is 1.90 bits per heavy atom. The van der Waals surface area contributed by atoms with E-state index in [4.69, 9.17) is 0 Å². The number of piperidine rings is 1. The predicted molar refractivity (Wildman–Crippen MR) is 118 cm³/mol. The lowest BCUT2D eigenvalue weighted by Gasteiger charge is -2.26. The van der Waals surface area contributed by atoms with Crippen LogP contribution in [0.2, 0.25) is 0 Å². The van der Waals surface area contributed by atoms with Gasteiger partial charge in [-0.3, -0.25) is 19.5 Å². The minimum absolute atomic E-state index is 0.0398. The zero-order chi connectivity index (χ0) is 20.9. The second kappa shape index (κ2) is 9.39. The third-order valence-corrected chi connectivity index (χ3v) is 6.03. The molecule has 3 heterocycles. The minimum atomic E-state index is -0.376. The van der Waals surface area contributed by atoms with Crippen molar-refractivity contribution in [1.29, 1.82) is 0 Å². The fourth-order valence-corrected chi connectivity index (χ4v) is 4.41. The number of rotatable bonds is 7. The quantitative estimate of drug-likeness (QED) is 0.715. The van der Waals surface area contributed by atoms with Gasteiger partial charge in [0.25, 0.3) is 5.91 Å². The number of pyridine rings is 1. The first kappa shape index (κ1) is 20.5. The number of aryl methyl sites for hydroxylation is 1. The van der Waals surface area contributed by atoms with Gasteiger partial charge in [-0.2, -0.15) is 0 Å². The number of likely N-dealkylation sites (tertiary alicyclic amines) is 1. The number of carbonyl (C=O) groups excluding carboxylic acids is 2. The number of carbonyl (C=O) groups is 2. The second-order valence-electron chi connectivity index (χ2n) is 8.27. The fraction of sp³-hybridized carbons (Fsp3) is 0.458. The van der Waals surface area contributed by atoms with Crippen molar-refractivity contribution in [2.45, 2.75) is 45.1 Å². The first-order valence-corrected chi connectivity index (χ1v) is 11.0. The highest BCUT2D eigenvalue weighted by molar-refractivity contribution is 6.11. The molecule has 158 valence electrons. The van der Waals surface area contributed by atoms with Crippen LogP contribution in [-0.4, -0.2) is 47.9 Å². The Labute approximate surface area is 178 Å². The lowest BCUT2D eigenvalue weighted by Crippen LogP contribution is -2.35. The number of hydrogen-bond donors (Lipinski definition) is 1. The van der Waals surface area contributed by atoms with E-state index in [-0.39, 0.29) is 24.3 Å². The van der Waals surface area contributed by atoms with Gasteiger partial charge in [0.15, 0.2) is 0 Å². The van der Waals surface area contributed by atoms with Crippen molar-refractivity contribution in [2.75, 3.05) is 31.1 Å². The molecule has 0 radical (unpaired) electrons. The van der Waals surface area contributed by atoms with E-state index in [1.165, 1.54) is 32.4 Å². The molecular formula is C24H30N4O2. The van der Waals surface area contributed by atoms with E-state index in [1.807, 2.05) is 31.2 Å². The minimum Gasteiger partial charge on any atom is -0.356 e. The van der Waals surface area contributed by atoms with Crippen molar-refractivity contribution in [3.63, 3.8) is 0 Å². The maximum Gasteiger partial charge on any atom is 0.260 e. The molecular weight excluding hydrogens is 376 g/mol. The summed E-state index contributed by atoms with van der Waals surface area (Å²) in [5.41, 5.74) is 3.20. The summed E-state index contributed by atoms with van der Waals surface area (Å²) in [7, 11) is 0. The summed E-state index contributed by atoms with van der Waals surface area (Å²) in [5, 5.41) is 3.04. The van der Waals surface area contributed by atoms with Crippen molar-refractivity contribution in [2.24, 2.45) is 0 Å². The van der Waals surface area contributed by atoms with Crippen molar-refractivity contribution < 1.29 is 9.59 Å². The van der Waals surface area contributed by atoms with Crippen LogP contribution in [0.4, 0.5) is 5.69 Å². The average molecular weight is 407 g/mol. The average Bonchev–Trinajstić information content (AvgIpc) is 3.04. The third-order valence-electron chi connectivity index (χ3n) is 6.03. The number of anilines is 1. The molecule has 0 saturated carbocycles. The predicted octanol–water partition coefficient (Wildman–Crippen LogP) is 3.47. The summed E-state index contributed by atoms with van der Waals surface area (Å²) in [6.07, 6.45) is 6.75. The van der Waals surface area contributed by atoms with Gasteiger partial charge in [0.05, 0.1) is 23.7 Å². The summed E-state index contributed by atoms with van der Waals surface area (Å²) >= 11 is 0. The summed E-state index contributed by atoms with van der Waals surface area (Å²) < 4.78 is 0. The monoisotopic (exact) mass is 406 g/mol. The van der Waals surface area contributed by atoms with E-state index in [0.29, 0.717) is 17.8 Å². The summed E-state index contributed by atoms with van der Waals surface area (Å²) in [6, 6.07) is 11.0. The van der Waals surface area contributed by atoms with Crippen LogP contribution in [0.1, 0.15) is 59.8 Å². The van der Waals surface area contributed by atoms with Crippen molar-refractivity contribution >= 4 is 17.5 Å². The summed E-state index contributed by atoms with van der Waals surface area (Å²) in [5.74, 6) is -0.132. The highest BCUT2D eigenvalue weighted by Gasteiger charge is 2.39. The number of fused-ring (bicyclic) bond motifs is 1. The molecule has 6 nitrogen and oxygen atoms in total. The maximum absolute atomic E-state index is 13.1. The molecule has 2 amide bonds. The molecule has 2 aromatic rings. The van der Waals surface area contributed by atoms with Crippen LogP contribution in [0.25, 0.3) is 0 Å². The zero-order valence-corrected chi connectivity index (χ0v) is 17.6. The molecule has 1 atom stereocenters. The van der Waals surface area contributed by atoms with E-state index < -0.39 is 0 Å². The first-order valence-electron chi connectivity index (χ1n) is 11.0. The molecule has 1 saturated heterocycles. The van der Waals surface area contributed by atoms with Crippen LogP contribution >= 0.6 is 0 Å². The highest BCUT2D eigenvalue weighted by Crippen LogP contribution is 2.38. The Morgan fingerprint density at radius 3 is 2.67 bits per heavy atom. The lowest BCUT2D eigenvalue weighted by atomic mass is 10.1. The van der Waals surface area contributed by atoms with Gasteiger partial charge in [0, 0.05) is 18.4 Å². The molecule has 6 heteroatoms. The van der Waals surface area contributed by atoms with Crippen LogP contribution in [0.3, 0.4) is 0 Å². The SMILES string of the molecule is Cc1ccc(N2C(=O)c3cccnc3C2CC(=O)NCCCN2CCCCC2)cc1. The summed E-state index contributed by atoms with van der Waals surface area (Å²) in [4.78, 5) is 34.4. The number of amides is 2. The van der Waals surface area contributed by atoms with Crippen molar-refractivity contribution in [3.05, 3.63) is 59.4 Å². The molecule has 1 N–H and O–H groups in total. The smallest absolute Gasteiger partial charge is 0.260 e. The third kappa shape index (κ3) is 4.54. The molecule has 0 aliphatic carbocycles. The van der Waals surface area contributed by atoms with Crippen LogP contribution < -0.4 is 10.2 Å². The van der Waals surface area contributed by atoms with Gasteiger partial charge in [-0.05, 0) is 70.1 Å². The Hall–Kier alpha value is -2.73. The molecule has 1 aromatic carbocycles. The highest BCUT2D eigenvalue weighted by atomic mass is 16.2. The molecule has 4 rings (SSSR count). The molecule has 30 heavy (non-hydrogen) atoms. The van der Waals surface area contributed by atoms with E-state index in [0.717, 1.165) is 24.2 Å². The molecule has 0 bridgehead atoms. The van der Waals surface area contributed by atoms with E-state index in [2.05, 4.69) is 15.2 Å². The maximum atomic E-state index is 13.1. The standard InChI is InChI=1S/C24H30N4O2/c1-18-8-10-19(11-9-18)28-21(23-20(24(28)30)7-5-12-26-23)17-22(29)25-13-6-16-27-14-3-2-4-15-27/h5,7-12,21H,2-4,6,13-17H2,1H3,(H,25,29). The molecule has 1 unspecified atom stereocenters. The molecule has 2 aliphatic heterocycles. The van der Waals surface area contributed by atoms with Crippen molar-refractivity contribution in [3.8, 4) is 0 Å². The van der Waals surface area contributed by atoms with E-state index >= 15 is 0 Å². The largest absolute Gasteiger partial charge is 0.356 e. The molecule has 1 fully saturated rings. The van der Waals surface area contributed by atoms with Gasteiger partial charge in [0.1, 0.15) is 0 Å². The Balaban J connectivity index is 1.40. The number of aromatic nitrogens is 1. The lowest BCUT2D eigenvalue weighted by molar-refractivity contribution is -0.121. The Morgan fingerprint density at radius 1 is 1.13 bits per heavy atom. The van der Waals surface area contributed by atoms with E-state index in [1.54, 1.807) is 23.2 Å². The zero-order valence-electron chi connectivity index (χ0n) is 17.6. The molecule has 2 aliphatic rings. The number of nitrogens with one attached hydrogen (secondary N) is 1. The molecule has 1 aromatic heterocycles. The van der Waals surface area contributed by atoms with Gasteiger partial charge >= 0.3 is 0 Å². The van der Waals surface area contributed by atoms with Crippen LogP contribution in [0.15, 0.2) is 42.6 Å². The molecule has 0 spiro atoms. The van der Waals surface area contributed by atoms with Gasteiger partial charge in [-0.15, -0.1) is 0 Å². The normalized spacial score (nSPS) is 19.0. The van der Waals surface area contributed by atoms with Crippen molar-refractivity contribution in [1.82, 2.24) is 15.2 Å². The summed E-state index contributed by atoms with van der Waals surface area (Å²) in [6.45, 7) is 6.05. The van der Waals surface area contributed by atoms with Crippen LogP contribution in [0, 0.1) is 6.92 Å². The second-order valence-corrected chi connectivity index (χ2v) is 8.27. The fourth-order valence-electron chi connectivity index (χ4n) is 4.41. The number of benzene rings is 1. The van der Waals surface area contributed by atoms with Gasteiger partial charge in [-0.25, -0.2) is 0 Å². The van der Waals surface area contributed by atoms with Crippen LogP contribution in [0.5, 0.6) is 0 Å². The van der Waals surface area contributed by atoms with Gasteiger partial charge < -0.3 is 10.2 Å². The van der Waals surface area contributed by atoms with E-state index in [9.17, 15) is 9.59 Å². The van der Waals surface area contributed by atoms with Gasteiger partial charge in [-0.1, -0.05) is 24.1 Å². The first-order chi connectivity index (χ1) is 14.6. The number of hydrogen-bond acceptors (Lipinski definition) is 4.